The van der Waals surface area contributed by atoms with Crippen LogP contribution in [-0.4, -0.2) is 13.2 Å². The van der Waals surface area contributed by atoms with Crippen LogP contribution in [0.5, 0.6) is 0 Å². The molecule has 1 atom stereocenters. The molecule has 1 rings (SSSR count). The lowest BCUT2D eigenvalue weighted by Crippen LogP contribution is -2.09. The molecule has 1 aromatic rings. The van der Waals surface area contributed by atoms with Crippen molar-refractivity contribution in [1.29, 1.82) is 0 Å². The molecule has 0 saturated carbocycles. The molecule has 0 aliphatic carbocycles. The number of unbranched alkanes of at least 4 members (excludes halogenated alkanes) is 2. The number of hydrogen-bond donors (Lipinski definition) is 1. The Bertz CT molecular complexity index is 261. The Balaban J connectivity index is 2.09. The summed E-state index contributed by atoms with van der Waals surface area (Å²) in [6.45, 7) is 3.74. The van der Waals surface area contributed by atoms with Crippen molar-refractivity contribution in [2.45, 2.75) is 38.6 Å². The van der Waals surface area contributed by atoms with Crippen molar-refractivity contribution in [1.82, 2.24) is 0 Å². The van der Waals surface area contributed by atoms with Crippen molar-refractivity contribution in [3.05, 3.63) is 35.9 Å². The molecule has 0 fully saturated rings. The highest BCUT2D eigenvalue weighted by Crippen LogP contribution is 2.16. The predicted octanol–water partition coefficient (Wildman–Crippen LogP) is 3.28. The average Bonchev–Trinajstić information content (AvgIpc) is 2.34. The third kappa shape index (κ3) is 5.29. The molecule has 2 heteroatoms. The maximum atomic E-state index is 6.10. The molecular weight excluding hydrogens is 198 g/mol. The van der Waals surface area contributed by atoms with Crippen LogP contribution in [0.15, 0.2) is 30.3 Å². The monoisotopic (exact) mass is 221 g/mol. The van der Waals surface area contributed by atoms with Crippen molar-refractivity contribution in [2.24, 2.45) is 5.73 Å². The van der Waals surface area contributed by atoms with Gasteiger partial charge in [-0.05, 0) is 25.3 Å². The second-order valence-electron chi connectivity index (χ2n) is 4.06. The highest BCUT2D eigenvalue weighted by molar-refractivity contribution is 5.18. The molecule has 0 heterocycles. The Morgan fingerprint density at radius 2 is 1.88 bits per heavy atom. The van der Waals surface area contributed by atoms with Crippen molar-refractivity contribution in [3.8, 4) is 0 Å². The van der Waals surface area contributed by atoms with Crippen LogP contribution in [-0.2, 0) is 4.74 Å². The summed E-state index contributed by atoms with van der Waals surface area (Å²) in [6.07, 6.45) is 4.61. The summed E-state index contributed by atoms with van der Waals surface area (Å²) in [5, 5.41) is 0. The zero-order valence-electron chi connectivity index (χ0n) is 10.2. The Morgan fingerprint density at radius 3 is 2.56 bits per heavy atom. The van der Waals surface area contributed by atoms with Crippen LogP contribution in [0.4, 0.5) is 0 Å². The second kappa shape index (κ2) is 8.31. The molecule has 0 amide bonds. The summed E-state index contributed by atoms with van der Waals surface area (Å²) in [6, 6.07) is 10.5. The molecule has 0 aliphatic rings. The molecule has 0 radical (unpaired) electrons. The zero-order chi connectivity index (χ0) is 11.6. The molecule has 0 saturated heterocycles. The molecule has 1 aromatic carbocycles. The quantitative estimate of drug-likeness (QED) is 0.684. The maximum Gasteiger partial charge on any atom is 0.0465 e. The van der Waals surface area contributed by atoms with Gasteiger partial charge in [0.15, 0.2) is 0 Å². The van der Waals surface area contributed by atoms with Gasteiger partial charge in [-0.2, -0.15) is 0 Å². The van der Waals surface area contributed by atoms with E-state index in [1.54, 1.807) is 0 Å². The van der Waals surface area contributed by atoms with Gasteiger partial charge >= 0.3 is 0 Å². The van der Waals surface area contributed by atoms with E-state index in [1.807, 2.05) is 25.1 Å². The van der Waals surface area contributed by atoms with Gasteiger partial charge in [0, 0.05) is 19.3 Å². The van der Waals surface area contributed by atoms with Gasteiger partial charge in [0.25, 0.3) is 0 Å². The van der Waals surface area contributed by atoms with Crippen LogP contribution in [0.2, 0.25) is 0 Å². The minimum atomic E-state index is 0.188. The van der Waals surface area contributed by atoms with E-state index < -0.39 is 0 Å². The minimum Gasteiger partial charge on any atom is -0.382 e. The fourth-order valence-corrected chi connectivity index (χ4v) is 1.76. The summed E-state index contributed by atoms with van der Waals surface area (Å²) in [7, 11) is 0. The van der Waals surface area contributed by atoms with Crippen LogP contribution < -0.4 is 5.73 Å². The molecule has 90 valence electrons. The van der Waals surface area contributed by atoms with E-state index in [4.69, 9.17) is 10.5 Å². The number of ether oxygens (including phenoxy) is 1. The van der Waals surface area contributed by atoms with E-state index in [-0.39, 0.29) is 6.04 Å². The van der Waals surface area contributed by atoms with Crippen molar-refractivity contribution < 1.29 is 4.74 Å². The molecule has 16 heavy (non-hydrogen) atoms. The smallest absolute Gasteiger partial charge is 0.0465 e. The van der Waals surface area contributed by atoms with Crippen LogP contribution >= 0.6 is 0 Å². The Hall–Kier alpha value is -0.860. The Labute approximate surface area is 98.8 Å². The topological polar surface area (TPSA) is 35.2 Å². The Morgan fingerprint density at radius 1 is 1.12 bits per heavy atom. The van der Waals surface area contributed by atoms with E-state index >= 15 is 0 Å². The van der Waals surface area contributed by atoms with Gasteiger partial charge in [0.2, 0.25) is 0 Å². The largest absolute Gasteiger partial charge is 0.382 e. The van der Waals surface area contributed by atoms with Gasteiger partial charge in [0.05, 0.1) is 0 Å². The molecular formula is C14H23NO. The number of nitrogens with two attached hydrogens (primary N) is 1. The SMILES string of the molecule is CCOCCCCCC(N)c1ccccc1. The van der Waals surface area contributed by atoms with Crippen LogP contribution in [0.25, 0.3) is 0 Å². The number of rotatable bonds is 8. The summed E-state index contributed by atoms with van der Waals surface area (Å²) in [5.74, 6) is 0. The van der Waals surface area contributed by atoms with E-state index in [0.717, 1.165) is 26.1 Å². The highest BCUT2D eigenvalue weighted by Gasteiger charge is 2.03. The van der Waals surface area contributed by atoms with Gasteiger partial charge in [-0.25, -0.2) is 0 Å². The summed E-state index contributed by atoms with van der Waals surface area (Å²) in [4.78, 5) is 0. The number of benzene rings is 1. The summed E-state index contributed by atoms with van der Waals surface area (Å²) < 4.78 is 5.29. The molecule has 2 N–H and O–H groups in total. The predicted molar refractivity (Wildman–Crippen MR) is 68.3 cm³/mol. The minimum absolute atomic E-state index is 0.188. The van der Waals surface area contributed by atoms with Crippen LogP contribution in [0.3, 0.4) is 0 Å². The normalized spacial score (nSPS) is 12.6. The van der Waals surface area contributed by atoms with E-state index in [2.05, 4.69) is 12.1 Å². The third-order valence-corrected chi connectivity index (χ3v) is 2.74. The highest BCUT2D eigenvalue weighted by atomic mass is 16.5. The van der Waals surface area contributed by atoms with Crippen LogP contribution in [0, 0.1) is 0 Å². The average molecular weight is 221 g/mol. The molecule has 0 bridgehead atoms. The lowest BCUT2D eigenvalue weighted by atomic mass is 10.0. The standard InChI is InChI=1S/C14H23NO/c1-2-16-12-8-4-7-11-14(15)13-9-5-3-6-10-13/h3,5-6,9-10,14H,2,4,7-8,11-12,15H2,1H3. The molecule has 0 spiro atoms. The van der Waals surface area contributed by atoms with Crippen LogP contribution in [0.1, 0.15) is 44.2 Å². The maximum absolute atomic E-state index is 6.10. The summed E-state index contributed by atoms with van der Waals surface area (Å²) >= 11 is 0. The van der Waals surface area contributed by atoms with E-state index in [0.29, 0.717) is 0 Å². The fourth-order valence-electron chi connectivity index (χ4n) is 1.76. The summed E-state index contributed by atoms with van der Waals surface area (Å²) in [5.41, 5.74) is 7.35. The van der Waals surface area contributed by atoms with Crippen molar-refractivity contribution in [3.63, 3.8) is 0 Å². The van der Waals surface area contributed by atoms with Crippen molar-refractivity contribution >= 4 is 0 Å². The zero-order valence-corrected chi connectivity index (χ0v) is 10.2. The first-order valence-corrected chi connectivity index (χ1v) is 6.23. The third-order valence-electron chi connectivity index (χ3n) is 2.74. The van der Waals surface area contributed by atoms with E-state index in [9.17, 15) is 0 Å². The first-order chi connectivity index (χ1) is 7.84. The van der Waals surface area contributed by atoms with Crippen molar-refractivity contribution in [2.75, 3.05) is 13.2 Å². The lowest BCUT2D eigenvalue weighted by molar-refractivity contribution is 0.143. The fraction of sp³-hybridized carbons (Fsp3) is 0.571. The molecule has 2 nitrogen and oxygen atoms in total. The molecule has 0 aromatic heterocycles. The molecule has 0 aliphatic heterocycles. The van der Waals surface area contributed by atoms with E-state index in [1.165, 1.54) is 18.4 Å². The van der Waals surface area contributed by atoms with Gasteiger partial charge in [-0.1, -0.05) is 43.2 Å². The number of hydrogen-bond acceptors (Lipinski definition) is 2. The first-order valence-electron chi connectivity index (χ1n) is 6.23. The van der Waals surface area contributed by atoms with Gasteiger partial charge in [-0.3, -0.25) is 0 Å². The second-order valence-corrected chi connectivity index (χ2v) is 4.06. The van der Waals surface area contributed by atoms with Gasteiger partial charge in [-0.15, -0.1) is 0 Å². The molecule has 1 unspecified atom stereocenters. The first kappa shape index (κ1) is 13.2. The lowest BCUT2D eigenvalue weighted by Gasteiger charge is -2.11. The van der Waals surface area contributed by atoms with Gasteiger partial charge < -0.3 is 10.5 Å². The van der Waals surface area contributed by atoms with Gasteiger partial charge in [0.1, 0.15) is 0 Å². The Kier molecular flexibility index (Phi) is 6.86.